The molecule has 1 rings (SSSR count). The molecule has 20 heavy (non-hydrogen) atoms. The molecule has 0 spiro atoms. The van der Waals surface area contributed by atoms with Crippen LogP contribution in [-0.2, 0) is 17.0 Å². The normalized spacial score (nSPS) is 10.8. The molecule has 11 heteroatoms. The van der Waals surface area contributed by atoms with Crippen molar-refractivity contribution in [3.8, 4) is 5.75 Å². The Kier molecular flexibility index (Phi) is 4.95. The van der Waals surface area contributed by atoms with E-state index in [0.29, 0.717) is 5.56 Å². The van der Waals surface area contributed by atoms with Gasteiger partial charge < -0.3 is 14.2 Å². The Morgan fingerprint density at radius 3 is 2.50 bits per heavy atom. The highest BCUT2D eigenvalue weighted by Crippen LogP contribution is 2.24. The SMILES string of the molecule is Cc1c(CN=[N+]=[N-])cc(OS(=O)(=O)F)c(C)c1B(O)O. The molecule has 0 aliphatic heterocycles. The largest absolute Gasteiger partial charge is 0.489 e. The zero-order chi connectivity index (χ0) is 15.5. The van der Waals surface area contributed by atoms with E-state index in [1.165, 1.54) is 19.9 Å². The van der Waals surface area contributed by atoms with E-state index < -0.39 is 23.4 Å². The van der Waals surface area contributed by atoms with Gasteiger partial charge in [0.2, 0.25) is 0 Å². The van der Waals surface area contributed by atoms with E-state index in [1.807, 2.05) is 0 Å². The van der Waals surface area contributed by atoms with Gasteiger partial charge in [-0.15, -0.1) is 0 Å². The van der Waals surface area contributed by atoms with Crippen LogP contribution in [0.5, 0.6) is 5.75 Å². The molecular weight excluding hydrogens is 292 g/mol. The first-order valence-electron chi connectivity index (χ1n) is 5.31. The minimum absolute atomic E-state index is 0.0331. The molecule has 0 radical (unpaired) electrons. The summed E-state index contributed by atoms with van der Waals surface area (Å²) in [7, 11) is -7.17. The van der Waals surface area contributed by atoms with E-state index >= 15 is 0 Å². The van der Waals surface area contributed by atoms with Gasteiger partial charge in [0.05, 0.1) is 6.54 Å². The Balaban J connectivity index is 3.52. The molecule has 0 saturated heterocycles. The predicted molar refractivity (Wildman–Crippen MR) is 69.2 cm³/mol. The summed E-state index contributed by atoms with van der Waals surface area (Å²) in [5, 5.41) is 21.9. The second-order valence-electron chi connectivity index (χ2n) is 3.94. The fourth-order valence-electron chi connectivity index (χ4n) is 1.81. The number of hydrogen-bond acceptors (Lipinski definition) is 6. The molecule has 0 saturated carbocycles. The van der Waals surface area contributed by atoms with Crippen LogP contribution in [0.3, 0.4) is 0 Å². The molecule has 0 fully saturated rings. The van der Waals surface area contributed by atoms with Crippen LogP contribution < -0.4 is 9.65 Å². The van der Waals surface area contributed by atoms with Gasteiger partial charge in [0, 0.05) is 4.91 Å². The number of nitrogens with zero attached hydrogens (tertiary/aromatic N) is 3. The summed E-state index contributed by atoms with van der Waals surface area (Å²) in [6, 6.07) is 1.17. The van der Waals surface area contributed by atoms with Gasteiger partial charge in [-0.05, 0) is 47.6 Å². The molecule has 0 amide bonds. The van der Waals surface area contributed by atoms with E-state index in [2.05, 4.69) is 14.2 Å². The highest BCUT2D eigenvalue weighted by molar-refractivity contribution is 7.81. The minimum Gasteiger partial charge on any atom is -0.423 e. The van der Waals surface area contributed by atoms with Gasteiger partial charge >= 0.3 is 17.6 Å². The first-order valence-corrected chi connectivity index (χ1v) is 6.62. The summed E-state index contributed by atoms with van der Waals surface area (Å²) in [6.07, 6.45) is 0. The standard InChI is InChI=1S/C9H11BFN3O5S/c1-5-7(4-13-14-12)3-8(19-20(11,17)18)6(2)9(5)10(15)16/h3,15-16H,4H2,1-2H3. The number of benzene rings is 1. The van der Waals surface area contributed by atoms with Gasteiger partial charge in [-0.2, -0.15) is 8.42 Å². The first kappa shape index (κ1) is 16.2. The van der Waals surface area contributed by atoms with Crippen molar-refractivity contribution < 1.29 is 26.5 Å². The molecule has 0 heterocycles. The Bertz CT molecular complexity index is 673. The summed E-state index contributed by atoms with van der Waals surface area (Å²) in [4.78, 5) is 2.54. The summed E-state index contributed by atoms with van der Waals surface area (Å²) < 4.78 is 37.9. The third-order valence-corrected chi connectivity index (χ3v) is 3.10. The lowest BCUT2D eigenvalue weighted by atomic mass is 9.73. The van der Waals surface area contributed by atoms with Crippen LogP contribution in [0.2, 0.25) is 0 Å². The third-order valence-electron chi connectivity index (χ3n) is 2.72. The van der Waals surface area contributed by atoms with Gasteiger partial charge in [-0.3, -0.25) is 0 Å². The molecule has 0 unspecified atom stereocenters. The van der Waals surface area contributed by atoms with Crippen molar-refractivity contribution in [1.29, 1.82) is 0 Å². The summed E-state index contributed by atoms with van der Waals surface area (Å²) in [5.41, 5.74) is 8.98. The van der Waals surface area contributed by atoms with Crippen LogP contribution in [0.15, 0.2) is 11.2 Å². The number of azide groups is 1. The average Bonchev–Trinajstić information content (AvgIpc) is 2.29. The molecule has 1 aromatic rings. The van der Waals surface area contributed by atoms with Crippen molar-refractivity contribution in [2.75, 3.05) is 0 Å². The molecule has 2 N–H and O–H groups in total. The molecule has 0 aliphatic rings. The maximum Gasteiger partial charge on any atom is 0.489 e. The number of hydrogen-bond donors (Lipinski definition) is 2. The van der Waals surface area contributed by atoms with Crippen molar-refractivity contribution in [1.82, 2.24) is 0 Å². The second-order valence-corrected chi connectivity index (χ2v) is 4.89. The van der Waals surface area contributed by atoms with Gasteiger partial charge in [-0.1, -0.05) is 9.00 Å². The maximum absolute atomic E-state index is 12.6. The Hall–Kier alpha value is -1.81. The quantitative estimate of drug-likeness (QED) is 0.267. The first-order chi connectivity index (χ1) is 9.17. The molecule has 0 aromatic heterocycles. The molecule has 8 nitrogen and oxygen atoms in total. The third kappa shape index (κ3) is 3.84. The van der Waals surface area contributed by atoms with Crippen LogP contribution >= 0.6 is 0 Å². The Labute approximate surface area is 115 Å². The second kappa shape index (κ2) is 6.10. The van der Waals surface area contributed by atoms with Crippen LogP contribution in [0.4, 0.5) is 3.89 Å². The lowest BCUT2D eigenvalue weighted by Crippen LogP contribution is -2.35. The van der Waals surface area contributed by atoms with Crippen molar-refractivity contribution in [2.45, 2.75) is 20.4 Å². The van der Waals surface area contributed by atoms with Gasteiger partial charge in [-0.25, -0.2) is 0 Å². The fraction of sp³-hybridized carbons (Fsp3) is 0.333. The van der Waals surface area contributed by atoms with Crippen molar-refractivity contribution in [3.05, 3.63) is 33.2 Å². The molecule has 0 aliphatic carbocycles. The highest BCUT2D eigenvalue weighted by Gasteiger charge is 2.24. The van der Waals surface area contributed by atoms with E-state index in [1.54, 1.807) is 0 Å². The van der Waals surface area contributed by atoms with Crippen LogP contribution in [0.25, 0.3) is 10.4 Å². The smallest absolute Gasteiger partial charge is 0.423 e. The molecular formula is C9H11BFN3O5S. The van der Waals surface area contributed by atoms with Crippen molar-refractivity contribution in [3.63, 3.8) is 0 Å². The van der Waals surface area contributed by atoms with Gasteiger partial charge in [0.15, 0.2) is 0 Å². The van der Waals surface area contributed by atoms with Crippen LogP contribution in [-0.4, -0.2) is 25.6 Å². The molecule has 0 atom stereocenters. The highest BCUT2D eigenvalue weighted by atomic mass is 32.3. The zero-order valence-electron chi connectivity index (χ0n) is 10.6. The minimum atomic E-state index is -5.26. The van der Waals surface area contributed by atoms with Crippen molar-refractivity contribution in [2.24, 2.45) is 5.11 Å². The topological polar surface area (TPSA) is 133 Å². The lowest BCUT2D eigenvalue weighted by Gasteiger charge is -2.16. The van der Waals surface area contributed by atoms with E-state index in [9.17, 15) is 22.4 Å². The van der Waals surface area contributed by atoms with Crippen molar-refractivity contribution >= 4 is 23.1 Å². The summed E-state index contributed by atoms with van der Waals surface area (Å²) >= 11 is 0. The number of halogens is 1. The van der Waals surface area contributed by atoms with E-state index in [0.717, 1.165) is 0 Å². The molecule has 0 bridgehead atoms. The predicted octanol–water partition coefficient (Wildman–Crippen LogP) is 0.387. The monoisotopic (exact) mass is 303 g/mol. The summed E-state index contributed by atoms with van der Waals surface area (Å²) in [5.74, 6) is -0.399. The maximum atomic E-state index is 12.6. The fourth-order valence-corrected chi connectivity index (χ4v) is 2.20. The zero-order valence-corrected chi connectivity index (χ0v) is 11.4. The summed E-state index contributed by atoms with van der Waals surface area (Å²) in [6.45, 7) is 2.70. The van der Waals surface area contributed by atoms with E-state index in [4.69, 9.17) is 5.53 Å². The Morgan fingerprint density at radius 2 is 2.05 bits per heavy atom. The van der Waals surface area contributed by atoms with Gasteiger partial charge in [0.1, 0.15) is 5.75 Å². The Morgan fingerprint density at radius 1 is 1.45 bits per heavy atom. The molecule has 1 aromatic carbocycles. The van der Waals surface area contributed by atoms with Gasteiger partial charge in [0.25, 0.3) is 0 Å². The lowest BCUT2D eigenvalue weighted by molar-refractivity contribution is 0.422. The number of rotatable bonds is 5. The average molecular weight is 303 g/mol. The van der Waals surface area contributed by atoms with Crippen LogP contribution in [0, 0.1) is 13.8 Å². The van der Waals surface area contributed by atoms with Crippen LogP contribution in [0.1, 0.15) is 16.7 Å². The van der Waals surface area contributed by atoms with E-state index in [-0.39, 0.29) is 23.1 Å². The molecule has 108 valence electrons.